The molecule has 1 aromatic rings. The van der Waals surface area contributed by atoms with Crippen molar-refractivity contribution in [2.24, 2.45) is 5.92 Å². The van der Waals surface area contributed by atoms with Crippen molar-refractivity contribution in [1.82, 2.24) is 15.2 Å². The van der Waals surface area contributed by atoms with Crippen LogP contribution >= 0.6 is 11.3 Å². The van der Waals surface area contributed by atoms with E-state index < -0.39 is 0 Å². The molecular weight excluding hydrogens is 294 g/mol. The van der Waals surface area contributed by atoms with E-state index in [0.717, 1.165) is 51.1 Å². The van der Waals surface area contributed by atoms with Gasteiger partial charge in [0, 0.05) is 30.4 Å². The Bertz CT molecular complexity index is 492. The molecule has 1 aliphatic heterocycles. The SMILES string of the molecule is CCCNC(=O)[C@@H]1CCCN(Cc2csc(C(C)(C)C)n2)C1. The second-order valence-electron chi connectivity index (χ2n) is 7.26. The van der Waals surface area contributed by atoms with Crippen molar-refractivity contribution >= 4 is 17.2 Å². The topological polar surface area (TPSA) is 45.2 Å². The summed E-state index contributed by atoms with van der Waals surface area (Å²) in [6, 6.07) is 0. The Hall–Kier alpha value is -0.940. The molecule has 1 fully saturated rings. The van der Waals surface area contributed by atoms with Gasteiger partial charge < -0.3 is 5.32 Å². The van der Waals surface area contributed by atoms with Crippen LogP contribution in [-0.2, 0) is 16.8 Å². The van der Waals surface area contributed by atoms with Crippen LogP contribution in [0.3, 0.4) is 0 Å². The van der Waals surface area contributed by atoms with Crippen molar-refractivity contribution in [3.05, 3.63) is 16.1 Å². The maximum atomic E-state index is 12.1. The van der Waals surface area contributed by atoms with Crippen LogP contribution in [-0.4, -0.2) is 35.4 Å². The molecule has 1 N–H and O–H groups in total. The molecule has 2 rings (SSSR count). The van der Waals surface area contributed by atoms with Gasteiger partial charge in [-0.2, -0.15) is 0 Å². The summed E-state index contributed by atoms with van der Waals surface area (Å²) in [5.74, 6) is 0.362. The molecule has 22 heavy (non-hydrogen) atoms. The molecule has 1 amide bonds. The summed E-state index contributed by atoms with van der Waals surface area (Å²) in [6.45, 7) is 12.3. The van der Waals surface area contributed by atoms with Crippen molar-refractivity contribution in [3.8, 4) is 0 Å². The van der Waals surface area contributed by atoms with Crippen LogP contribution in [0, 0.1) is 5.92 Å². The molecule has 0 saturated carbocycles. The Kier molecular flexibility index (Phi) is 5.98. The summed E-state index contributed by atoms with van der Waals surface area (Å²) < 4.78 is 0. The molecule has 0 aromatic carbocycles. The maximum Gasteiger partial charge on any atom is 0.224 e. The Balaban J connectivity index is 1.90. The van der Waals surface area contributed by atoms with Gasteiger partial charge in [0.1, 0.15) is 0 Å². The van der Waals surface area contributed by atoms with Crippen molar-refractivity contribution < 1.29 is 4.79 Å². The van der Waals surface area contributed by atoms with Gasteiger partial charge in [-0.15, -0.1) is 11.3 Å². The van der Waals surface area contributed by atoms with Gasteiger partial charge >= 0.3 is 0 Å². The van der Waals surface area contributed by atoms with Crippen molar-refractivity contribution in [1.29, 1.82) is 0 Å². The molecule has 0 aliphatic carbocycles. The monoisotopic (exact) mass is 323 g/mol. The van der Waals surface area contributed by atoms with Gasteiger partial charge in [0.25, 0.3) is 0 Å². The number of likely N-dealkylation sites (tertiary alicyclic amines) is 1. The largest absolute Gasteiger partial charge is 0.356 e. The predicted molar refractivity (Wildman–Crippen MR) is 92.1 cm³/mol. The van der Waals surface area contributed by atoms with E-state index in [1.165, 1.54) is 5.01 Å². The van der Waals surface area contributed by atoms with E-state index in [1.54, 1.807) is 11.3 Å². The Labute approximate surface area is 138 Å². The molecule has 124 valence electrons. The molecule has 1 atom stereocenters. The van der Waals surface area contributed by atoms with Gasteiger partial charge in [-0.1, -0.05) is 27.7 Å². The van der Waals surface area contributed by atoms with Gasteiger partial charge in [0.15, 0.2) is 0 Å². The van der Waals surface area contributed by atoms with Crippen LogP contribution in [0.15, 0.2) is 5.38 Å². The van der Waals surface area contributed by atoms with Crippen LogP contribution in [0.1, 0.15) is 57.7 Å². The number of carbonyl (C=O) groups is 1. The highest BCUT2D eigenvalue weighted by Crippen LogP contribution is 2.26. The molecule has 0 radical (unpaired) electrons. The van der Waals surface area contributed by atoms with E-state index in [9.17, 15) is 4.79 Å². The van der Waals surface area contributed by atoms with Crippen LogP contribution in [0.5, 0.6) is 0 Å². The molecule has 4 nitrogen and oxygen atoms in total. The summed E-state index contributed by atoms with van der Waals surface area (Å²) >= 11 is 1.75. The lowest BCUT2D eigenvalue weighted by Gasteiger charge is -2.31. The van der Waals surface area contributed by atoms with E-state index in [-0.39, 0.29) is 17.2 Å². The number of aromatic nitrogens is 1. The van der Waals surface area contributed by atoms with Crippen LogP contribution in [0.4, 0.5) is 0 Å². The Morgan fingerprint density at radius 3 is 2.91 bits per heavy atom. The van der Waals surface area contributed by atoms with Gasteiger partial charge in [0.05, 0.1) is 16.6 Å². The Morgan fingerprint density at radius 1 is 1.50 bits per heavy atom. The first-order chi connectivity index (χ1) is 10.4. The van der Waals surface area contributed by atoms with Gasteiger partial charge in [-0.25, -0.2) is 4.98 Å². The van der Waals surface area contributed by atoms with Gasteiger partial charge in [0.2, 0.25) is 5.91 Å². The van der Waals surface area contributed by atoms with Crippen molar-refractivity contribution in [2.45, 2.75) is 58.9 Å². The minimum Gasteiger partial charge on any atom is -0.356 e. The number of hydrogen-bond donors (Lipinski definition) is 1. The van der Waals surface area contributed by atoms with Crippen LogP contribution in [0.2, 0.25) is 0 Å². The third kappa shape index (κ3) is 4.78. The number of thiazole rings is 1. The number of nitrogens with one attached hydrogen (secondary N) is 1. The highest BCUT2D eigenvalue weighted by Gasteiger charge is 2.26. The van der Waals surface area contributed by atoms with Crippen molar-refractivity contribution in [2.75, 3.05) is 19.6 Å². The average molecular weight is 324 g/mol. The van der Waals surface area contributed by atoms with E-state index in [1.807, 2.05) is 0 Å². The fourth-order valence-electron chi connectivity index (χ4n) is 2.76. The zero-order chi connectivity index (χ0) is 16.2. The highest BCUT2D eigenvalue weighted by molar-refractivity contribution is 7.09. The third-order valence-corrected chi connectivity index (χ3v) is 5.32. The molecular formula is C17H29N3OS. The summed E-state index contributed by atoms with van der Waals surface area (Å²) in [7, 11) is 0. The van der Waals surface area contributed by atoms with Gasteiger partial charge in [-0.05, 0) is 25.8 Å². The number of hydrogen-bond acceptors (Lipinski definition) is 4. The quantitative estimate of drug-likeness (QED) is 0.905. The predicted octanol–water partition coefficient (Wildman–Crippen LogP) is 3.18. The number of carbonyl (C=O) groups excluding carboxylic acids is 1. The number of nitrogens with zero attached hydrogens (tertiary/aromatic N) is 2. The lowest BCUT2D eigenvalue weighted by molar-refractivity contribution is -0.126. The van der Waals surface area contributed by atoms with Gasteiger partial charge in [-0.3, -0.25) is 9.69 Å². The molecule has 0 bridgehead atoms. The van der Waals surface area contributed by atoms with Crippen molar-refractivity contribution in [3.63, 3.8) is 0 Å². The molecule has 2 heterocycles. The normalized spacial score (nSPS) is 20.1. The molecule has 1 aliphatic rings. The maximum absolute atomic E-state index is 12.1. The Morgan fingerprint density at radius 2 is 2.27 bits per heavy atom. The first kappa shape index (κ1) is 17.4. The minimum absolute atomic E-state index is 0.118. The van der Waals surface area contributed by atoms with E-state index in [0.29, 0.717) is 0 Å². The number of amides is 1. The highest BCUT2D eigenvalue weighted by atomic mass is 32.1. The fraction of sp³-hybridized carbons (Fsp3) is 0.765. The lowest BCUT2D eigenvalue weighted by Crippen LogP contribution is -2.42. The summed E-state index contributed by atoms with van der Waals surface area (Å²) in [4.78, 5) is 19.3. The van der Waals surface area contributed by atoms with E-state index in [2.05, 4.69) is 43.3 Å². The second kappa shape index (κ2) is 7.55. The van der Waals surface area contributed by atoms with Crippen LogP contribution < -0.4 is 5.32 Å². The lowest BCUT2D eigenvalue weighted by atomic mass is 9.97. The molecule has 1 saturated heterocycles. The smallest absolute Gasteiger partial charge is 0.224 e. The zero-order valence-corrected chi connectivity index (χ0v) is 15.1. The standard InChI is InChI=1S/C17H29N3OS/c1-5-8-18-15(21)13-7-6-9-20(10-13)11-14-12-22-16(19-14)17(2,3)4/h12-13H,5-11H2,1-4H3,(H,18,21)/t13-/m1/s1. The molecule has 0 spiro atoms. The van der Waals surface area contributed by atoms with Crippen LogP contribution in [0.25, 0.3) is 0 Å². The molecule has 0 unspecified atom stereocenters. The molecule has 1 aromatic heterocycles. The first-order valence-corrected chi connectivity index (χ1v) is 9.23. The summed E-state index contributed by atoms with van der Waals surface area (Å²) in [6.07, 6.45) is 3.10. The minimum atomic E-state index is 0.118. The number of piperidine rings is 1. The summed E-state index contributed by atoms with van der Waals surface area (Å²) in [5, 5.41) is 6.39. The van der Waals surface area contributed by atoms with E-state index >= 15 is 0 Å². The third-order valence-electron chi connectivity index (χ3n) is 4.00. The first-order valence-electron chi connectivity index (χ1n) is 8.35. The average Bonchev–Trinajstić information content (AvgIpc) is 2.93. The fourth-order valence-corrected chi connectivity index (χ4v) is 3.66. The number of rotatable bonds is 5. The summed E-state index contributed by atoms with van der Waals surface area (Å²) in [5.41, 5.74) is 1.26. The van der Waals surface area contributed by atoms with E-state index in [4.69, 9.17) is 4.98 Å². The molecule has 5 heteroatoms. The zero-order valence-electron chi connectivity index (χ0n) is 14.3. The second-order valence-corrected chi connectivity index (χ2v) is 8.12.